The van der Waals surface area contributed by atoms with Crippen molar-refractivity contribution in [2.45, 2.75) is 43.9 Å². The summed E-state index contributed by atoms with van der Waals surface area (Å²) < 4.78 is 41.6. The topological polar surface area (TPSA) is 88.7 Å². The average molecular weight is 417 g/mol. The monoisotopic (exact) mass is 417 g/mol. The fourth-order valence-electron chi connectivity index (χ4n) is 4.79. The molecule has 7 nitrogen and oxygen atoms in total. The van der Waals surface area contributed by atoms with Gasteiger partial charge in [-0.25, -0.2) is 4.98 Å². The molecule has 2 aliphatic heterocycles. The van der Waals surface area contributed by atoms with Gasteiger partial charge in [0, 0.05) is 42.2 Å². The first-order valence-corrected chi connectivity index (χ1v) is 9.92. The Morgan fingerprint density at radius 3 is 2.77 bits per heavy atom. The van der Waals surface area contributed by atoms with Crippen LogP contribution >= 0.6 is 0 Å². The highest BCUT2D eigenvalue weighted by molar-refractivity contribution is 5.63. The van der Waals surface area contributed by atoms with Gasteiger partial charge in [0.25, 0.3) is 0 Å². The van der Waals surface area contributed by atoms with E-state index in [2.05, 4.69) is 32.1 Å². The van der Waals surface area contributed by atoms with Crippen LogP contribution in [0.5, 0.6) is 0 Å². The third kappa shape index (κ3) is 2.97. The lowest BCUT2D eigenvalue weighted by molar-refractivity contribution is -0.137. The minimum Gasteiger partial charge on any atom is -0.383 e. The van der Waals surface area contributed by atoms with Gasteiger partial charge >= 0.3 is 6.18 Å². The van der Waals surface area contributed by atoms with Crippen LogP contribution in [0.25, 0.3) is 11.3 Å². The average Bonchev–Trinajstić information content (AvgIpc) is 3.48. The number of nitrogens with one attached hydrogen (secondary N) is 1. The molecule has 2 atom stereocenters. The second kappa shape index (κ2) is 6.56. The summed E-state index contributed by atoms with van der Waals surface area (Å²) in [6.45, 7) is 4.72. The Kier molecular flexibility index (Phi) is 4.18. The number of nitrogens with two attached hydrogens (primary N) is 1. The van der Waals surface area contributed by atoms with Crippen molar-refractivity contribution in [3.8, 4) is 11.3 Å². The highest BCUT2D eigenvalue weighted by Gasteiger charge is 2.47. The maximum atomic E-state index is 13.2. The Balaban J connectivity index is 1.44. The summed E-state index contributed by atoms with van der Waals surface area (Å²) in [5.74, 6) is -0.520. The van der Waals surface area contributed by atoms with E-state index in [1.54, 1.807) is 0 Å². The van der Waals surface area contributed by atoms with Crippen molar-refractivity contribution >= 4 is 5.82 Å². The molecule has 0 saturated carbocycles. The van der Waals surface area contributed by atoms with E-state index in [1.807, 2.05) is 23.0 Å². The van der Waals surface area contributed by atoms with Gasteiger partial charge in [-0.15, -0.1) is 0 Å². The summed E-state index contributed by atoms with van der Waals surface area (Å²) in [6, 6.07) is 5.14. The van der Waals surface area contributed by atoms with Gasteiger partial charge in [0.15, 0.2) is 0 Å². The predicted molar refractivity (Wildman–Crippen MR) is 104 cm³/mol. The van der Waals surface area contributed by atoms with Crippen LogP contribution in [0.3, 0.4) is 0 Å². The molecule has 0 amide bonds. The lowest BCUT2D eigenvalue weighted by Gasteiger charge is -2.26. The van der Waals surface area contributed by atoms with Gasteiger partial charge in [-0.3, -0.25) is 14.7 Å². The van der Waals surface area contributed by atoms with Crippen molar-refractivity contribution in [2.75, 3.05) is 18.8 Å². The molecule has 0 radical (unpaired) electrons. The van der Waals surface area contributed by atoms with Crippen molar-refractivity contribution in [3.63, 3.8) is 0 Å². The molecule has 158 valence electrons. The SMILES string of the molecule is CC(c1cc[nH]n1)N1CCC2(CCn3nc(-c4cnc(N)c(C(F)(F)F)c4)cc32)C1. The van der Waals surface area contributed by atoms with Crippen molar-refractivity contribution < 1.29 is 13.2 Å². The van der Waals surface area contributed by atoms with Crippen LogP contribution in [-0.2, 0) is 18.1 Å². The van der Waals surface area contributed by atoms with Crippen molar-refractivity contribution in [3.05, 3.63) is 47.5 Å². The third-order valence-corrected chi connectivity index (χ3v) is 6.53. The quantitative estimate of drug-likeness (QED) is 0.682. The van der Waals surface area contributed by atoms with Crippen molar-refractivity contribution in [1.82, 2.24) is 29.9 Å². The summed E-state index contributed by atoms with van der Waals surface area (Å²) in [5.41, 5.74) is 7.39. The molecular formula is C20H22F3N7. The number of likely N-dealkylation sites (tertiary alicyclic amines) is 1. The second-order valence-electron chi connectivity index (χ2n) is 8.22. The minimum atomic E-state index is -4.55. The summed E-state index contributed by atoms with van der Waals surface area (Å²) in [4.78, 5) is 6.16. The van der Waals surface area contributed by atoms with E-state index in [-0.39, 0.29) is 11.5 Å². The molecule has 0 aromatic carbocycles. The Morgan fingerprint density at radius 2 is 2.03 bits per heavy atom. The third-order valence-electron chi connectivity index (χ3n) is 6.53. The molecule has 30 heavy (non-hydrogen) atoms. The molecule has 3 N–H and O–H groups in total. The molecular weight excluding hydrogens is 395 g/mol. The van der Waals surface area contributed by atoms with Gasteiger partial charge in [-0.05, 0) is 44.5 Å². The molecule has 1 spiro atoms. The number of H-pyrrole nitrogens is 1. The number of nitrogens with zero attached hydrogens (tertiary/aromatic N) is 5. The summed E-state index contributed by atoms with van der Waals surface area (Å²) in [7, 11) is 0. The van der Waals surface area contributed by atoms with E-state index < -0.39 is 17.6 Å². The van der Waals surface area contributed by atoms with Gasteiger partial charge in [0.05, 0.1) is 23.0 Å². The van der Waals surface area contributed by atoms with Crippen LogP contribution in [0.1, 0.15) is 42.8 Å². The molecule has 5 heterocycles. The Labute approximate surface area is 171 Å². The molecule has 1 fully saturated rings. The molecule has 10 heteroatoms. The number of anilines is 1. The normalized spacial score (nSPS) is 22.7. The molecule has 3 aromatic rings. The van der Waals surface area contributed by atoms with Gasteiger partial charge in [-0.2, -0.15) is 23.4 Å². The molecule has 1 saturated heterocycles. The van der Waals surface area contributed by atoms with E-state index in [0.717, 1.165) is 49.9 Å². The number of alkyl halides is 3. The van der Waals surface area contributed by atoms with E-state index in [1.165, 1.54) is 6.20 Å². The zero-order chi connectivity index (χ0) is 21.1. The number of aromatic amines is 1. The van der Waals surface area contributed by atoms with E-state index >= 15 is 0 Å². The number of hydrogen-bond acceptors (Lipinski definition) is 5. The Morgan fingerprint density at radius 1 is 1.23 bits per heavy atom. The van der Waals surface area contributed by atoms with Gasteiger partial charge in [-0.1, -0.05) is 0 Å². The number of pyridine rings is 1. The largest absolute Gasteiger partial charge is 0.419 e. The first-order chi connectivity index (χ1) is 14.3. The number of halogens is 3. The zero-order valence-electron chi connectivity index (χ0n) is 16.4. The number of aromatic nitrogens is 5. The van der Waals surface area contributed by atoms with Crippen molar-refractivity contribution in [2.24, 2.45) is 0 Å². The van der Waals surface area contributed by atoms with Crippen LogP contribution in [-0.4, -0.2) is 43.0 Å². The number of fused-ring (bicyclic) bond motifs is 2. The van der Waals surface area contributed by atoms with E-state index in [0.29, 0.717) is 11.3 Å². The molecule has 3 aromatic heterocycles. The van der Waals surface area contributed by atoms with Crippen molar-refractivity contribution in [1.29, 1.82) is 0 Å². The fourth-order valence-corrected chi connectivity index (χ4v) is 4.79. The summed E-state index contributed by atoms with van der Waals surface area (Å²) >= 11 is 0. The number of hydrogen-bond donors (Lipinski definition) is 2. The predicted octanol–water partition coefficient (Wildman–Crippen LogP) is 3.38. The van der Waals surface area contributed by atoms with Crippen LogP contribution < -0.4 is 5.73 Å². The van der Waals surface area contributed by atoms with Gasteiger partial charge in [0.1, 0.15) is 5.82 Å². The van der Waals surface area contributed by atoms with Crippen LogP contribution in [0, 0.1) is 0 Å². The van der Waals surface area contributed by atoms with Gasteiger partial charge in [0.2, 0.25) is 0 Å². The number of nitrogen functional groups attached to an aromatic ring is 1. The number of rotatable bonds is 3. The standard InChI is InChI=1S/C20H22F3N7/c1-12(15-2-5-26-27-15)29-6-3-19(11-29)4-7-30-17(19)9-16(28-30)13-8-14(20(21,22)23)18(24)25-10-13/h2,5,8-10,12H,3-4,6-7,11H2,1H3,(H2,24,25)(H,26,27). The lowest BCUT2D eigenvalue weighted by atomic mass is 9.82. The zero-order valence-corrected chi connectivity index (χ0v) is 16.4. The molecule has 5 rings (SSSR count). The maximum Gasteiger partial charge on any atom is 0.419 e. The van der Waals surface area contributed by atoms with E-state index in [9.17, 15) is 13.2 Å². The van der Waals surface area contributed by atoms with Crippen LogP contribution in [0.15, 0.2) is 30.6 Å². The molecule has 2 unspecified atom stereocenters. The highest BCUT2D eigenvalue weighted by atomic mass is 19.4. The second-order valence-corrected chi connectivity index (χ2v) is 8.22. The highest BCUT2D eigenvalue weighted by Crippen LogP contribution is 2.45. The van der Waals surface area contributed by atoms with E-state index in [4.69, 9.17) is 5.73 Å². The van der Waals surface area contributed by atoms with Crippen LogP contribution in [0.2, 0.25) is 0 Å². The fraction of sp³-hybridized carbons (Fsp3) is 0.450. The Bertz CT molecular complexity index is 1070. The minimum absolute atomic E-state index is 0.0378. The van der Waals surface area contributed by atoms with Gasteiger partial charge < -0.3 is 5.73 Å². The first kappa shape index (κ1) is 19.1. The molecule has 0 aliphatic carbocycles. The molecule has 0 bridgehead atoms. The lowest BCUT2D eigenvalue weighted by Crippen LogP contribution is -2.31. The van der Waals surface area contributed by atoms with Crippen LogP contribution in [0.4, 0.5) is 19.0 Å². The molecule has 2 aliphatic rings. The summed E-state index contributed by atoms with van der Waals surface area (Å²) in [5, 5.41) is 11.8. The maximum absolute atomic E-state index is 13.2. The summed E-state index contributed by atoms with van der Waals surface area (Å²) in [6.07, 6.45) is 0.597. The Hall–Kier alpha value is -2.88. The smallest absolute Gasteiger partial charge is 0.383 e. The number of aryl methyl sites for hydroxylation is 1. The first-order valence-electron chi connectivity index (χ1n) is 9.92.